The van der Waals surface area contributed by atoms with E-state index < -0.39 is 8.07 Å². The highest BCUT2D eigenvalue weighted by Gasteiger charge is 2.26. The fourth-order valence-electron chi connectivity index (χ4n) is 1.76. The maximum Gasteiger partial charge on any atom is 0.0847 e. The van der Waals surface area contributed by atoms with Crippen molar-refractivity contribution in [3.63, 3.8) is 0 Å². The van der Waals surface area contributed by atoms with Gasteiger partial charge in [-0.25, -0.2) is 0 Å². The van der Waals surface area contributed by atoms with Crippen molar-refractivity contribution >= 4 is 25.3 Å². The van der Waals surface area contributed by atoms with E-state index in [2.05, 4.69) is 55.5 Å². The molecule has 1 aromatic rings. The van der Waals surface area contributed by atoms with Crippen LogP contribution in [-0.2, 0) is 0 Å². The van der Waals surface area contributed by atoms with Crippen LogP contribution in [0.4, 0.5) is 0 Å². The fraction of sp³-hybridized carbons (Fsp3) is 0.286. The minimum absolute atomic E-state index is 0.227. The standard InChI is InChI=1S/C14H18SSi/c1-5-13(12-9-7-6-8-10-12)14(11-15)16(2,3)4/h5-10,13H,1H2,2-4H3. The van der Waals surface area contributed by atoms with E-state index in [4.69, 9.17) is 12.2 Å². The third-order valence-corrected chi connectivity index (χ3v) is 5.08. The lowest BCUT2D eigenvalue weighted by molar-refractivity contribution is 1.06. The lowest BCUT2D eigenvalue weighted by Crippen LogP contribution is -2.28. The molecule has 0 saturated carbocycles. The van der Waals surface area contributed by atoms with Crippen LogP contribution in [0.2, 0.25) is 19.6 Å². The Balaban J connectivity index is 3.18. The van der Waals surface area contributed by atoms with Crippen LogP contribution in [-0.4, -0.2) is 13.1 Å². The van der Waals surface area contributed by atoms with Crippen LogP contribution in [0.1, 0.15) is 11.5 Å². The van der Waals surface area contributed by atoms with Gasteiger partial charge in [0.15, 0.2) is 0 Å². The summed E-state index contributed by atoms with van der Waals surface area (Å²) in [6, 6.07) is 10.4. The van der Waals surface area contributed by atoms with Crippen LogP contribution in [0.15, 0.2) is 48.2 Å². The molecule has 2 heteroatoms. The van der Waals surface area contributed by atoms with E-state index in [9.17, 15) is 0 Å². The Morgan fingerprint density at radius 3 is 2.25 bits per heavy atom. The van der Waals surface area contributed by atoms with Gasteiger partial charge in [-0.05, 0) is 23.0 Å². The molecule has 0 spiro atoms. The molecule has 0 aliphatic carbocycles. The summed E-state index contributed by atoms with van der Waals surface area (Å²) in [5.41, 5.74) is 1.26. The van der Waals surface area contributed by atoms with Crippen LogP contribution in [0.5, 0.6) is 0 Å². The molecule has 0 saturated heterocycles. The zero-order valence-electron chi connectivity index (χ0n) is 10.2. The second-order valence-electron chi connectivity index (χ2n) is 4.89. The zero-order valence-corrected chi connectivity index (χ0v) is 12.0. The Morgan fingerprint density at radius 1 is 1.31 bits per heavy atom. The molecular formula is C14H18SSi. The Kier molecular flexibility index (Phi) is 4.42. The molecule has 0 fully saturated rings. The molecule has 1 rings (SSSR count). The third-order valence-electron chi connectivity index (χ3n) is 2.62. The number of hydrogen-bond donors (Lipinski definition) is 0. The van der Waals surface area contributed by atoms with Gasteiger partial charge < -0.3 is 0 Å². The first-order valence-corrected chi connectivity index (χ1v) is 9.34. The van der Waals surface area contributed by atoms with E-state index in [-0.39, 0.29) is 5.92 Å². The highest BCUT2D eigenvalue weighted by molar-refractivity contribution is 7.78. The Hall–Kier alpha value is -0.953. The molecule has 16 heavy (non-hydrogen) atoms. The Bertz CT molecular complexity index is 408. The highest BCUT2D eigenvalue weighted by atomic mass is 32.1. The van der Waals surface area contributed by atoms with Gasteiger partial charge in [0.2, 0.25) is 0 Å². The summed E-state index contributed by atoms with van der Waals surface area (Å²) in [7, 11) is -1.42. The smallest absolute Gasteiger partial charge is 0.0847 e. The Morgan fingerprint density at radius 2 is 1.88 bits per heavy atom. The summed E-state index contributed by atoms with van der Waals surface area (Å²) in [5.74, 6) is 0.227. The maximum atomic E-state index is 5.06. The topological polar surface area (TPSA) is 0 Å². The molecule has 0 bridgehead atoms. The minimum Gasteiger partial charge on any atom is -0.102 e. The van der Waals surface area contributed by atoms with Crippen LogP contribution in [0, 0.1) is 0 Å². The number of thiocarbonyl (C=S) groups is 1. The van der Waals surface area contributed by atoms with Crippen molar-refractivity contribution in [2.45, 2.75) is 25.6 Å². The van der Waals surface area contributed by atoms with Crippen LogP contribution in [0.25, 0.3) is 0 Å². The van der Waals surface area contributed by atoms with Gasteiger partial charge >= 0.3 is 0 Å². The van der Waals surface area contributed by atoms with Crippen molar-refractivity contribution in [3.8, 4) is 0 Å². The summed E-state index contributed by atoms with van der Waals surface area (Å²) in [5, 5.41) is 4.24. The molecule has 0 aromatic heterocycles. The largest absolute Gasteiger partial charge is 0.102 e. The van der Waals surface area contributed by atoms with Gasteiger partial charge in [0.25, 0.3) is 0 Å². The van der Waals surface area contributed by atoms with E-state index in [0.29, 0.717) is 0 Å². The first kappa shape index (κ1) is 13.1. The molecule has 0 radical (unpaired) electrons. The maximum absolute atomic E-state index is 5.06. The van der Waals surface area contributed by atoms with E-state index in [1.165, 1.54) is 10.8 Å². The first-order chi connectivity index (χ1) is 7.50. The van der Waals surface area contributed by atoms with Crippen molar-refractivity contribution in [1.29, 1.82) is 0 Å². The molecule has 1 unspecified atom stereocenters. The summed E-state index contributed by atoms with van der Waals surface area (Å²) >= 11 is 5.06. The third kappa shape index (κ3) is 3.02. The van der Waals surface area contributed by atoms with Crippen LogP contribution in [0.3, 0.4) is 0 Å². The molecule has 0 aliphatic heterocycles. The van der Waals surface area contributed by atoms with Crippen molar-refractivity contribution in [1.82, 2.24) is 0 Å². The molecule has 1 atom stereocenters. The summed E-state index contributed by atoms with van der Waals surface area (Å²) in [6.07, 6.45) is 1.97. The SMILES string of the molecule is C=CC(C(=C=S)[Si](C)(C)C)c1ccccc1. The van der Waals surface area contributed by atoms with Crippen molar-refractivity contribution in [3.05, 3.63) is 53.7 Å². The summed E-state index contributed by atoms with van der Waals surface area (Å²) in [4.78, 5) is 0. The Labute approximate surface area is 105 Å². The van der Waals surface area contributed by atoms with Gasteiger partial charge in [-0.1, -0.05) is 61.1 Å². The second kappa shape index (κ2) is 5.40. The van der Waals surface area contributed by atoms with Gasteiger partial charge in [0, 0.05) is 5.92 Å². The summed E-state index contributed by atoms with van der Waals surface area (Å²) < 4.78 is 0. The number of benzene rings is 1. The highest BCUT2D eigenvalue weighted by Crippen LogP contribution is 2.30. The summed E-state index contributed by atoms with van der Waals surface area (Å²) in [6.45, 7) is 10.8. The molecule has 0 aliphatic rings. The van der Waals surface area contributed by atoms with Gasteiger partial charge in [-0.2, -0.15) is 0 Å². The first-order valence-electron chi connectivity index (χ1n) is 5.43. The predicted molar refractivity (Wildman–Crippen MR) is 78.8 cm³/mol. The lowest BCUT2D eigenvalue weighted by Gasteiger charge is -2.25. The molecular weight excluding hydrogens is 228 g/mol. The average molecular weight is 246 g/mol. The van der Waals surface area contributed by atoms with Gasteiger partial charge in [-0.15, -0.1) is 6.58 Å². The molecule has 0 amide bonds. The molecule has 1 aromatic carbocycles. The molecule has 84 valence electrons. The monoisotopic (exact) mass is 246 g/mol. The van der Waals surface area contributed by atoms with Gasteiger partial charge in [-0.3, -0.25) is 0 Å². The van der Waals surface area contributed by atoms with Crippen LogP contribution < -0.4 is 0 Å². The van der Waals surface area contributed by atoms with E-state index in [1.807, 2.05) is 12.1 Å². The molecule has 0 nitrogen and oxygen atoms in total. The zero-order chi connectivity index (χ0) is 12.2. The number of hydrogen-bond acceptors (Lipinski definition) is 1. The molecule has 0 N–H and O–H groups in total. The normalized spacial score (nSPS) is 12.7. The minimum atomic E-state index is -1.42. The van der Waals surface area contributed by atoms with Gasteiger partial charge in [0.1, 0.15) is 0 Å². The molecule has 0 heterocycles. The predicted octanol–water partition coefficient (Wildman–Crippen LogP) is 4.36. The van der Waals surface area contributed by atoms with E-state index in [1.54, 1.807) is 0 Å². The van der Waals surface area contributed by atoms with E-state index >= 15 is 0 Å². The second-order valence-corrected chi connectivity index (χ2v) is 10.1. The lowest BCUT2D eigenvalue weighted by atomic mass is 9.99. The quantitative estimate of drug-likeness (QED) is 0.432. The average Bonchev–Trinajstić information content (AvgIpc) is 2.25. The van der Waals surface area contributed by atoms with Crippen molar-refractivity contribution in [2.75, 3.05) is 0 Å². The number of rotatable bonds is 4. The van der Waals surface area contributed by atoms with Crippen molar-refractivity contribution in [2.24, 2.45) is 0 Å². The van der Waals surface area contributed by atoms with Crippen molar-refractivity contribution < 1.29 is 0 Å². The van der Waals surface area contributed by atoms with Gasteiger partial charge in [0.05, 0.1) is 8.07 Å². The fourth-order valence-corrected chi connectivity index (χ4v) is 4.33. The van der Waals surface area contributed by atoms with E-state index in [0.717, 1.165) is 0 Å². The van der Waals surface area contributed by atoms with Crippen LogP contribution >= 0.6 is 12.2 Å². The number of allylic oxidation sites excluding steroid dienone is 2.